The first-order chi connectivity index (χ1) is 7.74. The van der Waals surface area contributed by atoms with E-state index in [1.807, 2.05) is 6.92 Å². The van der Waals surface area contributed by atoms with E-state index in [0.717, 1.165) is 28.1 Å². The van der Waals surface area contributed by atoms with E-state index < -0.39 is 0 Å². The number of aromatic nitrogens is 3. The number of thiazole rings is 1. The second-order valence-corrected chi connectivity index (χ2v) is 5.24. The Morgan fingerprint density at radius 3 is 2.75 bits per heavy atom. The first-order valence-electron chi connectivity index (χ1n) is 4.86. The van der Waals surface area contributed by atoms with Gasteiger partial charge in [-0.05, 0) is 22.9 Å². The maximum Gasteiger partial charge on any atom is 0.222 e. The van der Waals surface area contributed by atoms with Crippen LogP contribution in [-0.4, -0.2) is 21.5 Å². The fourth-order valence-corrected chi connectivity index (χ4v) is 2.08. The Hall–Kier alpha value is -1.01. The molecule has 0 aromatic carbocycles. The van der Waals surface area contributed by atoms with E-state index in [0.29, 0.717) is 5.95 Å². The zero-order chi connectivity index (χ0) is 11.4. The van der Waals surface area contributed by atoms with Crippen LogP contribution >= 0.6 is 27.3 Å². The minimum Gasteiger partial charge on any atom is -0.354 e. The van der Waals surface area contributed by atoms with Gasteiger partial charge in [-0.1, -0.05) is 0 Å². The molecule has 0 radical (unpaired) electrons. The van der Waals surface area contributed by atoms with Crippen molar-refractivity contribution in [2.24, 2.45) is 0 Å². The lowest BCUT2D eigenvalue weighted by molar-refractivity contribution is 0.946. The molecular weight excluding hydrogens is 288 g/mol. The predicted molar refractivity (Wildman–Crippen MR) is 68.8 cm³/mol. The van der Waals surface area contributed by atoms with Crippen molar-refractivity contribution in [3.05, 3.63) is 32.9 Å². The summed E-state index contributed by atoms with van der Waals surface area (Å²) < 4.78 is 0.883. The smallest absolute Gasteiger partial charge is 0.222 e. The quantitative estimate of drug-likeness (QED) is 0.943. The maximum atomic E-state index is 4.39. The monoisotopic (exact) mass is 298 g/mol. The molecule has 0 saturated carbocycles. The molecule has 2 heterocycles. The third-order valence-corrected chi connectivity index (χ3v) is 3.18. The van der Waals surface area contributed by atoms with Crippen molar-refractivity contribution in [3.8, 4) is 0 Å². The summed E-state index contributed by atoms with van der Waals surface area (Å²) in [6.07, 6.45) is 4.34. The number of hydrogen-bond acceptors (Lipinski definition) is 5. The number of aryl methyl sites for hydroxylation is 1. The van der Waals surface area contributed by atoms with Gasteiger partial charge in [-0.15, -0.1) is 11.3 Å². The molecule has 0 spiro atoms. The highest BCUT2D eigenvalue weighted by molar-refractivity contribution is 9.10. The van der Waals surface area contributed by atoms with Gasteiger partial charge in [0.25, 0.3) is 0 Å². The first kappa shape index (κ1) is 11.5. The Labute approximate surface area is 106 Å². The predicted octanol–water partition coefficient (Wildman–Crippen LogP) is 2.66. The molecule has 0 aliphatic heterocycles. The van der Waals surface area contributed by atoms with Crippen LogP contribution in [0.5, 0.6) is 0 Å². The van der Waals surface area contributed by atoms with E-state index in [-0.39, 0.29) is 0 Å². The third-order valence-electron chi connectivity index (χ3n) is 1.95. The second-order valence-electron chi connectivity index (χ2n) is 3.26. The molecule has 6 heteroatoms. The highest BCUT2D eigenvalue weighted by Crippen LogP contribution is 2.09. The summed E-state index contributed by atoms with van der Waals surface area (Å²) in [5.41, 5.74) is 1.12. The Kier molecular flexibility index (Phi) is 3.84. The normalized spacial score (nSPS) is 10.4. The van der Waals surface area contributed by atoms with Gasteiger partial charge in [0, 0.05) is 30.7 Å². The first-order valence-corrected chi connectivity index (χ1v) is 6.54. The SMILES string of the molecule is Cc1nc(CCNc2ncc(Br)cn2)cs1. The van der Waals surface area contributed by atoms with Crippen LogP contribution in [0.25, 0.3) is 0 Å². The van der Waals surface area contributed by atoms with Gasteiger partial charge in [-0.3, -0.25) is 0 Å². The van der Waals surface area contributed by atoms with Crippen LogP contribution in [0.1, 0.15) is 10.7 Å². The van der Waals surface area contributed by atoms with Gasteiger partial charge in [-0.2, -0.15) is 0 Å². The van der Waals surface area contributed by atoms with Crippen molar-refractivity contribution >= 4 is 33.2 Å². The number of rotatable bonds is 4. The molecule has 0 amide bonds. The lowest BCUT2D eigenvalue weighted by Crippen LogP contribution is -2.07. The largest absolute Gasteiger partial charge is 0.354 e. The number of anilines is 1. The number of nitrogens with one attached hydrogen (secondary N) is 1. The zero-order valence-corrected chi connectivity index (χ0v) is 11.2. The van der Waals surface area contributed by atoms with E-state index in [4.69, 9.17) is 0 Å². The molecule has 0 unspecified atom stereocenters. The van der Waals surface area contributed by atoms with Crippen molar-refractivity contribution in [2.45, 2.75) is 13.3 Å². The van der Waals surface area contributed by atoms with E-state index in [1.54, 1.807) is 23.7 Å². The van der Waals surface area contributed by atoms with Crippen molar-refractivity contribution < 1.29 is 0 Å². The highest BCUT2D eigenvalue weighted by Gasteiger charge is 1.99. The average Bonchev–Trinajstić information content (AvgIpc) is 2.67. The Morgan fingerprint density at radius 2 is 2.12 bits per heavy atom. The molecular formula is C10H11BrN4S. The second kappa shape index (κ2) is 5.36. The van der Waals surface area contributed by atoms with E-state index >= 15 is 0 Å². The van der Waals surface area contributed by atoms with Gasteiger partial charge in [0.2, 0.25) is 5.95 Å². The molecule has 2 aromatic rings. The summed E-state index contributed by atoms with van der Waals surface area (Å²) >= 11 is 4.97. The zero-order valence-electron chi connectivity index (χ0n) is 8.77. The van der Waals surface area contributed by atoms with Crippen LogP contribution in [0.4, 0.5) is 5.95 Å². The maximum absolute atomic E-state index is 4.39. The molecule has 2 rings (SSSR count). The van der Waals surface area contributed by atoms with Gasteiger partial charge < -0.3 is 5.32 Å². The summed E-state index contributed by atoms with van der Waals surface area (Å²) in [5, 5.41) is 6.34. The highest BCUT2D eigenvalue weighted by atomic mass is 79.9. The number of nitrogens with zero attached hydrogens (tertiary/aromatic N) is 3. The number of hydrogen-bond donors (Lipinski definition) is 1. The van der Waals surface area contributed by atoms with Crippen molar-refractivity contribution in [2.75, 3.05) is 11.9 Å². The molecule has 2 aromatic heterocycles. The molecule has 0 atom stereocenters. The average molecular weight is 299 g/mol. The minimum atomic E-state index is 0.648. The van der Waals surface area contributed by atoms with Crippen molar-refractivity contribution in [1.29, 1.82) is 0 Å². The van der Waals surface area contributed by atoms with Gasteiger partial charge in [-0.25, -0.2) is 15.0 Å². The van der Waals surface area contributed by atoms with E-state index in [9.17, 15) is 0 Å². The summed E-state index contributed by atoms with van der Waals surface area (Å²) in [7, 11) is 0. The molecule has 84 valence electrons. The lowest BCUT2D eigenvalue weighted by atomic mass is 10.3. The van der Waals surface area contributed by atoms with Gasteiger partial charge in [0.1, 0.15) is 0 Å². The molecule has 0 bridgehead atoms. The van der Waals surface area contributed by atoms with Gasteiger partial charge >= 0.3 is 0 Å². The van der Waals surface area contributed by atoms with Crippen molar-refractivity contribution in [1.82, 2.24) is 15.0 Å². The fourth-order valence-electron chi connectivity index (χ4n) is 1.23. The third kappa shape index (κ3) is 3.24. The van der Waals surface area contributed by atoms with E-state index in [2.05, 4.69) is 41.6 Å². The molecule has 16 heavy (non-hydrogen) atoms. The molecule has 0 saturated heterocycles. The topological polar surface area (TPSA) is 50.7 Å². The van der Waals surface area contributed by atoms with Gasteiger partial charge in [0.15, 0.2) is 0 Å². The Morgan fingerprint density at radius 1 is 1.38 bits per heavy atom. The van der Waals surface area contributed by atoms with Crippen LogP contribution in [-0.2, 0) is 6.42 Å². The standard InChI is InChI=1S/C10H11BrN4S/c1-7-15-9(6-16-7)2-3-12-10-13-4-8(11)5-14-10/h4-6H,2-3H2,1H3,(H,12,13,14). The van der Waals surface area contributed by atoms with Crippen LogP contribution in [0, 0.1) is 6.92 Å². The van der Waals surface area contributed by atoms with Gasteiger partial charge in [0.05, 0.1) is 15.2 Å². The molecule has 0 fully saturated rings. The van der Waals surface area contributed by atoms with Crippen molar-refractivity contribution in [3.63, 3.8) is 0 Å². The van der Waals surface area contributed by atoms with Crippen LogP contribution in [0.15, 0.2) is 22.2 Å². The number of halogens is 1. The fraction of sp³-hybridized carbons (Fsp3) is 0.300. The lowest BCUT2D eigenvalue weighted by Gasteiger charge is -2.02. The van der Waals surface area contributed by atoms with Crippen LogP contribution in [0.2, 0.25) is 0 Å². The summed E-state index contributed by atoms with van der Waals surface area (Å²) in [4.78, 5) is 12.6. The molecule has 0 aliphatic carbocycles. The summed E-state index contributed by atoms with van der Waals surface area (Å²) in [5.74, 6) is 0.648. The molecule has 1 N–H and O–H groups in total. The van der Waals surface area contributed by atoms with Crippen LogP contribution < -0.4 is 5.32 Å². The molecule has 0 aliphatic rings. The Bertz CT molecular complexity index is 454. The summed E-state index contributed by atoms with van der Waals surface area (Å²) in [6.45, 7) is 2.81. The minimum absolute atomic E-state index is 0.648. The summed E-state index contributed by atoms with van der Waals surface area (Å²) in [6, 6.07) is 0. The molecule has 4 nitrogen and oxygen atoms in total. The Balaban J connectivity index is 1.82. The van der Waals surface area contributed by atoms with Crippen LogP contribution in [0.3, 0.4) is 0 Å². The van der Waals surface area contributed by atoms with E-state index in [1.165, 1.54) is 0 Å².